The smallest absolute Gasteiger partial charge is 0.247 e. The van der Waals surface area contributed by atoms with E-state index in [2.05, 4.69) is 17.2 Å². The highest BCUT2D eigenvalue weighted by atomic mass is 16.3. The third-order valence-electron chi connectivity index (χ3n) is 4.52. The molecule has 0 aromatic heterocycles. The highest BCUT2D eigenvalue weighted by Gasteiger charge is 2.22. The van der Waals surface area contributed by atoms with Crippen molar-refractivity contribution in [3.05, 3.63) is 71.8 Å². The Labute approximate surface area is 152 Å². The molecule has 134 valence electrons. The number of hydrogen-bond donors (Lipinski definition) is 3. The van der Waals surface area contributed by atoms with Crippen LogP contribution in [0.15, 0.2) is 55.1 Å². The first-order valence-corrected chi connectivity index (χ1v) is 8.68. The largest absolute Gasteiger partial charge is 0.508 e. The predicted molar refractivity (Wildman–Crippen MR) is 101 cm³/mol. The Morgan fingerprint density at radius 1 is 1.23 bits per heavy atom. The van der Waals surface area contributed by atoms with E-state index < -0.39 is 0 Å². The van der Waals surface area contributed by atoms with Crippen molar-refractivity contribution in [1.82, 2.24) is 5.32 Å². The topological polar surface area (TPSA) is 78.4 Å². The van der Waals surface area contributed by atoms with Gasteiger partial charge in [0.25, 0.3) is 0 Å². The minimum Gasteiger partial charge on any atom is -0.508 e. The molecule has 26 heavy (non-hydrogen) atoms. The SMILES string of the molecule is C=CC(=O)Nc1cccc(CC(=O)NC2CCCc3cc(O)ccc32)c1. The molecule has 0 fully saturated rings. The van der Waals surface area contributed by atoms with Crippen LogP contribution in [0.4, 0.5) is 5.69 Å². The van der Waals surface area contributed by atoms with E-state index in [1.807, 2.05) is 12.1 Å². The zero-order chi connectivity index (χ0) is 18.5. The maximum Gasteiger partial charge on any atom is 0.247 e. The van der Waals surface area contributed by atoms with Crippen molar-refractivity contribution in [3.8, 4) is 5.75 Å². The Bertz CT molecular complexity index is 845. The summed E-state index contributed by atoms with van der Waals surface area (Å²) in [6, 6.07) is 12.5. The van der Waals surface area contributed by atoms with Gasteiger partial charge in [0.1, 0.15) is 5.75 Å². The quantitative estimate of drug-likeness (QED) is 0.724. The second-order valence-electron chi connectivity index (χ2n) is 6.47. The summed E-state index contributed by atoms with van der Waals surface area (Å²) in [5.41, 5.74) is 3.63. The van der Waals surface area contributed by atoms with Crippen LogP contribution in [0.2, 0.25) is 0 Å². The molecular formula is C21H22N2O3. The number of aromatic hydroxyl groups is 1. The number of fused-ring (bicyclic) bond motifs is 1. The summed E-state index contributed by atoms with van der Waals surface area (Å²) in [6.07, 6.45) is 4.23. The number of benzene rings is 2. The number of anilines is 1. The fourth-order valence-corrected chi connectivity index (χ4v) is 3.33. The molecule has 5 heteroatoms. The number of hydrogen-bond acceptors (Lipinski definition) is 3. The van der Waals surface area contributed by atoms with E-state index in [4.69, 9.17) is 0 Å². The summed E-state index contributed by atoms with van der Waals surface area (Å²) in [6.45, 7) is 3.42. The fourth-order valence-electron chi connectivity index (χ4n) is 3.33. The summed E-state index contributed by atoms with van der Waals surface area (Å²) >= 11 is 0. The van der Waals surface area contributed by atoms with Crippen LogP contribution in [0, 0.1) is 0 Å². The van der Waals surface area contributed by atoms with Crippen LogP contribution >= 0.6 is 0 Å². The van der Waals surface area contributed by atoms with Gasteiger partial charge in [0.05, 0.1) is 12.5 Å². The molecule has 1 aliphatic carbocycles. The molecule has 2 amide bonds. The standard InChI is InChI=1S/C21H22N2O3/c1-2-20(25)22-16-7-3-5-14(11-16)12-21(26)23-19-8-4-6-15-13-17(24)9-10-18(15)19/h2-3,5,7,9-11,13,19,24H,1,4,6,8,12H2,(H,22,25)(H,23,26). The van der Waals surface area contributed by atoms with Crippen molar-refractivity contribution in [2.45, 2.75) is 31.7 Å². The average molecular weight is 350 g/mol. The average Bonchev–Trinajstić information content (AvgIpc) is 2.61. The molecule has 0 radical (unpaired) electrons. The van der Waals surface area contributed by atoms with Crippen LogP contribution < -0.4 is 10.6 Å². The Kier molecular flexibility index (Phi) is 5.37. The highest BCUT2D eigenvalue weighted by molar-refractivity contribution is 5.98. The number of carbonyl (C=O) groups excluding carboxylic acids is 2. The molecule has 2 aromatic rings. The number of phenolic OH excluding ortho intramolecular Hbond substituents is 1. The lowest BCUT2D eigenvalue weighted by molar-refractivity contribution is -0.121. The number of rotatable bonds is 5. The molecule has 0 saturated carbocycles. The van der Waals surface area contributed by atoms with E-state index in [0.717, 1.165) is 36.0 Å². The van der Waals surface area contributed by atoms with Gasteiger partial charge in [-0.2, -0.15) is 0 Å². The lowest BCUT2D eigenvalue weighted by atomic mass is 9.87. The van der Waals surface area contributed by atoms with E-state index in [-0.39, 0.29) is 30.0 Å². The zero-order valence-electron chi connectivity index (χ0n) is 14.5. The number of phenols is 1. The zero-order valence-corrected chi connectivity index (χ0v) is 14.5. The number of amides is 2. The van der Waals surface area contributed by atoms with Gasteiger partial charge in [0, 0.05) is 5.69 Å². The second-order valence-corrected chi connectivity index (χ2v) is 6.47. The molecule has 1 unspecified atom stereocenters. The molecule has 0 spiro atoms. The first-order chi connectivity index (χ1) is 12.5. The van der Waals surface area contributed by atoms with Gasteiger partial charge >= 0.3 is 0 Å². The third-order valence-corrected chi connectivity index (χ3v) is 4.52. The van der Waals surface area contributed by atoms with Gasteiger partial charge < -0.3 is 15.7 Å². The molecule has 3 N–H and O–H groups in total. The molecule has 1 atom stereocenters. The molecule has 2 aromatic carbocycles. The van der Waals surface area contributed by atoms with Crippen LogP contribution in [0.25, 0.3) is 0 Å². The summed E-state index contributed by atoms with van der Waals surface area (Å²) in [7, 11) is 0. The summed E-state index contributed by atoms with van der Waals surface area (Å²) < 4.78 is 0. The van der Waals surface area contributed by atoms with Crippen LogP contribution in [0.1, 0.15) is 35.6 Å². The maximum absolute atomic E-state index is 12.5. The summed E-state index contributed by atoms with van der Waals surface area (Å²) in [5, 5.41) is 15.4. The number of nitrogens with one attached hydrogen (secondary N) is 2. The predicted octanol–water partition coefficient (Wildman–Crippen LogP) is 3.25. The van der Waals surface area contributed by atoms with Crippen molar-refractivity contribution in [3.63, 3.8) is 0 Å². The first-order valence-electron chi connectivity index (χ1n) is 8.68. The van der Waals surface area contributed by atoms with E-state index in [1.54, 1.807) is 30.3 Å². The molecular weight excluding hydrogens is 328 g/mol. The lowest BCUT2D eigenvalue weighted by Crippen LogP contribution is -2.32. The van der Waals surface area contributed by atoms with E-state index in [0.29, 0.717) is 5.69 Å². The number of carbonyl (C=O) groups is 2. The van der Waals surface area contributed by atoms with Gasteiger partial charge in [0.15, 0.2) is 0 Å². The highest BCUT2D eigenvalue weighted by Crippen LogP contribution is 2.31. The van der Waals surface area contributed by atoms with Crippen molar-refractivity contribution in [2.24, 2.45) is 0 Å². The second kappa shape index (κ2) is 7.87. The van der Waals surface area contributed by atoms with Gasteiger partial charge in [-0.1, -0.05) is 24.8 Å². The Morgan fingerprint density at radius 3 is 2.88 bits per heavy atom. The fraction of sp³-hybridized carbons (Fsp3) is 0.238. The Hall–Kier alpha value is -3.08. The molecule has 5 nitrogen and oxygen atoms in total. The molecule has 0 bridgehead atoms. The van der Waals surface area contributed by atoms with Gasteiger partial charge in [-0.25, -0.2) is 0 Å². The first kappa shape index (κ1) is 17.7. The van der Waals surface area contributed by atoms with Crippen molar-refractivity contribution in [1.29, 1.82) is 0 Å². The van der Waals surface area contributed by atoms with Crippen molar-refractivity contribution >= 4 is 17.5 Å². The van der Waals surface area contributed by atoms with Crippen LogP contribution in [-0.4, -0.2) is 16.9 Å². The Morgan fingerprint density at radius 2 is 2.08 bits per heavy atom. The van der Waals surface area contributed by atoms with Crippen LogP contribution in [0.5, 0.6) is 5.75 Å². The minimum atomic E-state index is -0.284. The van der Waals surface area contributed by atoms with Crippen molar-refractivity contribution in [2.75, 3.05) is 5.32 Å². The molecule has 0 saturated heterocycles. The molecule has 0 aliphatic heterocycles. The third kappa shape index (κ3) is 4.30. The van der Waals surface area contributed by atoms with E-state index >= 15 is 0 Å². The summed E-state index contributed by atoms with van der Waals surface area (Å²) in [4.78, 5) is 23.9. The Balaban J connectivity index is 1.66. The van der Waals surface area contributed by atoms with Crippen LogP contribution in [-0.2, 0) is 22.4 Å². The van der Waals surface area contributed by atoms with Gasteiger partial charge in [0.2, 0.25) is 11.8 Å². The van der Waals surface area contributed by atoms with Gasteiger partial charge in [-0.3, -0.25) is 9.59 Å². The van der Waals surface area contributed by atoms with Gasteiger partial charge in [-0.15, -0.1) is 0 Å². The summed E-state index contributed by atoms with van der Waals surface area (Å²) in [5.74, 6) is -0.0918. The molecule has 3 rings (SSSR count). The van der Waals surface area contributed by atoms with E-state index in [1.165, 1.54) is 6.08 Å². The van der Waals surface area contributed by atoms with Gasteiger partial charge in [-0.05, 0) is 66.3 Å². The monoisotopic (exact) mass is 350 g/mol. The van der Waals surface area contributed by atoms with E-state index in [9.17, 15) is 14.7 Å². The maximum atomic E-state index is 12.5. The lowest BCUT2D eigenvalue weighted by Gasteiger charge is -2.26. The van der Waals surface area contributed by atoms with Crippen molar-refractivity contribution < 1.29 is 14.7 Å². The van der Waals surface area contributed by atoms with Crippen LogP contribution in [0.3, 0.4) is 0 Å². The number of aryl methyl sites for hydroxylation is 1. The molecule has 0 heterocycles. The minimum absolute atomic E-state index is 0.0319. The molecule has 1 aliphatic rings. The normalized spacial score (nSPS) is 15.6.